The Balaban J connectivity index is 1.52. The van der Waals surface area contributed by atoms with Gasteiger partial charge >= 0.3 is 0 Å². The lowest BCUT2D eigenvalue weighted by molar-refractivity contribution is -0.118. The van der Waals surface area contributed by atoms with Crippen LogP contribution in [0.5, 0.6) is 0 Å². The van der Waals surface area contributed by atoms with E-state index in [0.29, 0.717) is 22.2 Å². The van der Waals surface area contributed by atoms with Crippen molar-refractivity contribution in [3.05, 3.63) is 45.8 Å². The van der Waals surface area contributed by atoms with Crippen LogP contribution in [0.15, 0.2) is 27.8 Å². The molecule has 0 bridgehead atoms. The molecule has 0 atom stereocenters. The molecular weight excluding hydrogens is 375 g/mol. The van der Waals surface area contributed by atoms with Crippen molar-refractivity contribution < 1.29 is 13.6 Å². The number of aryl methyl sites for hydroxylation is 3. The van der Waals surface area contributed by atoms with Crippen LogP contribution in [0.2, 0.25) is 0 Å². The van der Waals surface area contributed by atoms with Crippen molar-refractivity contribution in [1.82, 2.24) is 20.5 Å². The zero-order valence-corrected chi connectivity index (χ0v) is 16.1. The molecule has 26 heavy (non-hydrogen) atoms. The topological polar surface area (TPSA) is 80.9 Å². The van der Waals surface area contributed by atoms with Gasteiger partial charge in [-0.05, 0) is 38.0 Å². The summed E-state index contributed by atoms with van der Waals surface area (Å²) in [6, 6.07) is 4.90. The number of aromatic nitrogens is 3. The zero-order valence-electron chi connectivity index (χ0n) is 14.5. The largest absolute Gasteiger partial charge is 0.410 e. The van der Waals surface area contributed by atoms with E-state index in [0.717, 1.165) is 27.3 Å². The normalized spacial score (nSPS) is 10.9. The lowest BCUT2D eigenvalue weighted by Gasteiger charge is -2.05. The summed E-state index contributed by atoms with van der Waals surface area (Å²) in [6.45, 7) is 5.77. The lowest BCUT2D eigenvalue weighted by Crippen LogP contribution is -2.24. The van der Waals surface area contributed by atoms with Crippen molar-refractivity contribution in [1.29, 1.82) is 0 Å². The van der Waals surface area contributed by atoms with Gasteiger partial charge in [-0.1, -0.05) is 23.9 Å². The maximum absolute atomic E-state index is 13.5. The molecule has 0 aliphatic carbocycles. The van der Waals surface area contributed by atoms with Gasteiger partial charge in [0.1, 0.15) is 10.7 Å². The Morgan fingerprint density at radius 1 is 1.31 bits per heavy atom. The monoisotopic (exact) mass is 392 g/mol. The second-order valence-electron chi connectivity index (χ2n) is 5.67. The van der Waals surface area contributed by atoms with Crippen LogP contribution < -0.4 is 5.32 Å². The standard InChI is InChI=1S/C17H17FN4O2S2/c1-9-4-5-12(6-13(9)18)7-19-14(23)8-25-17-22-21-16(24-17)15-10(2)20-11(3)26-15/h4-6H,7-8H2,1-3H3,(H,19,23). The first kappa shape index (κ1) is 18.5. The van der Waals surface area contributed by atoms with E-state index < -0.39 is 0 Å². The molecule has 0 unspecified atom stereocenters. The first-order chi connectivity index (χ1) is 12.4. The molecule has 0 saturated carbocycles. The zero-order chi connectivity index (χ0) is 18.7. The van der Waals surface area contributed by atoms with Crippen molar-refractivity contribution in [2.45, 2.75) is 32.5 Å². The molecule has 2 heterocycles. The maximum Gasteiger partial charge on any atom is 0.277 e. The van der Waals surface area contributed by atoms with Gasteiger partial charge in [-0.15, -0.1) is 21.5 Å². The average Bonchev–Trinajstić information content (AvgIpc) is 3.20. The number of thioether (sulfide) groups is 1. The van der Waals surface area contributed by atoms with Crippen LogP contribution in [0.3, 0.4) is 0 Å². The Labute approximate surface area is 158 Å². The van der Waals surface area contributed by atoms with Gasteiger partial charge < -0.3 is 9.73 Å². The average molecular weight is 392 g/mol. The minimum Gasteiger partial charge on any atom is -0.410 e. The molecule has 136 valence electrons. The molecule has 0 aliphatic heterocycles. The summed E-state index contributed by atoms with van der Waals surface area (Å²) in [5, 5.41) is 12.0. The molecule has 1 amide bonds. The SMILES string of the molecule is Cc1nc(C)c(-c2nnc(SCC(=O)NCc3ccc(C)c(F)c3)o2)s1. The molecule has 2 aromatic heterocycles. The summed E-state index contributed by atoms with van der Waals surface area (Å²) in [4.78, 5) is 17.1. The number of benzene rings is 1. The number of rotatable bonds is 6. The van der Waals surface area contributed by atoms with Crippen molar-refractivity contribution in [3.8, 4) is 10.8 Å². The third-order valence-corrected chi connectivity index (χ3v) is 5.44. The fraction of sp³-hybridized carbons (Fsp3) is 0.294. The quantitative estimate of drug-likeness (QED) is 0.645. The number of amides is 1. The van der Waals surface area contributed by atoms with Crippen LogP contribution >= 0.6 is 23.1 Å². The molecule has 3 aromatic rings. The Bertz CT molecular complexity index is 939. The third kappa shape index (κ3) is 4.47. The molecule has 9 heteroatoms. The predicted molar refractivity (Wildman–Crippen MR) is 98.6 cm³/mol. The van der Waals surface area contributed by atoms with Gasteiger partial charge in [0.2, 0.25) is 5.91 Å². The maximum atomic E-state index is 13.5. The van der Waals surface area contributed by atoms with E-state index in [1.807, 2.05) is 13.8 Å². The molecule has 1 aromatic carbocycles. The molecule has 0 saturated heterocycles. The number of hydrogen-bond acceptors (Lipinski definition) is 7. The first-order valence-corrected chi connectivity index (χ1v) is 9.65. The Kier molecular flexibility index (Phi) is 5.67. The van der Waals surface area contributed by atoms with Gasteiger partial charge in [0.25, 0.3) is 11.1 Å². The first-order valence-electron chi connectivity index (χ1n) is 7.85. The summed E-state index contributed by atoms with van der Waals surface area (Å²) in [7, 11) is 0. The highest BCUT2D eigenvalue weighted by molar-refractivity contribution is 7.99. The number of hydrogen-bond donors (Lipinski definition) is 1. The summed E-state index contributed by atoms with van der Waals surface area (Å²) in [5.41, 5.74) is 2.13. The van der Waals surface area contributed by atoms with E-state index in [1.165, 1.54) is 17.4 Å². The van der Waals surface area contributed by atoms with Gasteiger partial charge in [0.05, 0.1) is 16.5 Å². The highest BCUT2D eigenvalue weighted by atomic mass is 32.2. The molecular formula is C17H17FN4O2S2. The summed E-state index contributed by atoms with van der Waals surface area (Å²) >= 11 is 2.64. The highest BCUT2D eigenvalue weighted by Crippen LogP contribution is 2.30. The van der Waals surface area contributed by atoms with E-state index in [4.69, 9.17) is 4.42 Å². The number of halogens is 1. The number of thiazole rings is 1. The highest BCUT2D eigenvalue weighted by Gasteiger charge is 2.16. The van der Waals surface area contributed by atoms with Crippen LogP contribution in [0.25, 0.3) is 10.8 Å². The fourth-order valence-electron chi connectivity index (χ4n) is 2.21. The van der Waals surface area contributed by atoms with Crippen molar-refractivity contribution in [2.75, 3.05) is 5.75 Å². The van der Waals surface area contributed by atoms with Gasteiger partial charge in [0, 0.05) is 6.54 Å². The second kappa shape index (κ2) is 7.96. The molecule has 1 N–H and O–H groups in total. The van der Waals surface area contributed by atoms with Crippen LogP contribution in [0, 0.1) is 26.6 Å². The molecule has 3 rings (SSSR count). The van der Waals surface area contributed by atoms with Crippen LogP contribution in [-0.4, -0.2) is 26.8 Å². The summed E-state index contributed by atoms with van der Waals surface area (Å²) < 4.78 is 19.1. The van der Waals surface area contributed by atoms with Crippen molar-refractivity contribution in [3.63, 3.8) is 0 Å². The Morgan fingerprint density at radius 2 is 2.12 bits per heavy atom. The van der Waals surface area contributed by atoms with E-state index >= 15 is 0 Å². The van der Waals surface area contributed by atoms with Gasteiger partial charge in [-0.3, -0.25) is 4.79 Å². The third-order valence-electron chi connectivity index (χ3n) is 3.56. The van der Waals surface area contributed by atoms with Crippen molar-refractivity contribution in [2.24, 2.45) is 0 Å². The summed E-state index contributed by atoms with van der Waals surface area (Å²) in [5.74, 6) is 0.0706. The number of nitrogens with one attached hydrogen (secondary N) is 1. The molecule has 6 nitrogen and oxygen atoms in total. The van der Waals surface area contributed by atoms with E-state index in [9.17, 15) is 9.18 Å². The van der Waals surface area contributed by atoms with Gasteiger partial charge in [-0.25, -0.2) is 9.37 Å². The van der Waals surface area contributed by atoms with Gasteiger partial charge in [-0.2, -0.15) is 0 Å². The minimum absolute atomic E-state index is 0.136. The Morgan fingerprint density at radius 3 is 2.81 bits per heavy atom. The number of carbonyl (C=O) groups is 1. The Hall–Kier alpha value is -2.26. The number of nitrogens with zero attached hydrogens (tertiary/aromatic N) is 3. The molecule has 0 fully saturated rings. The number of carbonyl (C=O) groups excluding carboxylic acids is 1. The van der Waals surface area contributed by atoms with Crippen LogP contribution in [0.1, 0.15) is 21.8 Å². The van der Waals surface area contributed by atoms with Gasteiger partial charge in [0.15, 0.2) is 0 Å². The lowest BCUT2D eigenvalue weighted by atomic mass is 10.1. The molecule has 0 radical (unpaired) electrons. The fourth-order valence-corrected chi connectivity index (χ4v) is 3.65. The summed E-state index contributed by atoms with van der Waals surface area (Å²) in [6.07, 6.45) is 0. The predicted octanol–water partition coefficient (Wildman–Crippen LogP) is 3.67. The van der Waals surface area contributed by atoms with E-state index in [-0.39, 0.29) is 24.0 Å². The van der Waals surface area contributed by atoms with Crippen LogP contribution in [-0.2, 0) is 11.3 Å². The molecule has 0 aliphatic rings. The van der Waals surface area contributed by atoms with Crippen LogP contribution in [0.4, 0.5) is 4.39 Å². The smallest absolute Gasteiger partial charge is 0.277 e. The minimum atomic E-state index is -0.280. The van der Waals surface area contributed by atoms with E-state index in [2.05, 4.69) is 20.5 Å². The second-order valence-corrected chi connectivity index (χ2v) is 7.80. The molecule has 0 spiro atoms. The van der Waals surface area contributed by atoms with Crippen molar-refractivity contribution >= 4 is 29.0 Å². The van der Waals surface area contributed by atoms with E-state index in [1.54, 1.807) is 19.1 Å².